The van der Waals surface area contributed by atoms with Crippen LogP contribution in [0.15, 0.2) is 174 Å². The molecule has 0 aliphatic heterocycles. The van der Waals surface area contributed by atoms with Crippen LogP contribution < -0.4 is 0 Å². The van der Waals surface area contributed by atoms with Gasteiger partial charge in [0.2, 0.25) is 5.95 Å². The van der Waals surface area contributed by atoms with Gasteiger partial charge in [0.1, 0.15) is 11.2 Å². The van der Waals surface area contributed by atoms with Crippen LogP contribution in [-0.4, -0.2) is 19.1 Å². The highest BCUT2D eigenvalue weighted by molar-refractivity contribution is 6.30. The molecule has 0 aliphatic carbocycles. The van der Waals surface area contributed by atoms with Crippen LogP contribution in [0.25, 0.3) is 99.7 Å². The molecule has 0 aliphatic rings. The smallest absolute Gasteiger partial charge is 0.235 e. The quantitative estimate of drug-likeness (QED) is 0.190. The number of para-hydroxylation sites is 3. The second-order valence-corrected chi connectivity index (χ2v) is 13.0. The molecule has 0 unspecified atom stereocenters. The fraction of sp³-hybridized carbons (Fsp3) is 0. The zero-order chi connectivity index (χ0) is 33.5. The Hall–Kier alpha value is -6.98. The van der Waals surface area contributed by atoms with Crippen molar-refractivity contribution < 1.29 is 4.42 Å². The molecule has 0 atom stereocenters. The van der Waals surface area contributed by atoms with Crippen LogP contribution in [0.1, 0.15) is 0 Å². The van der Waals surface area contributed by atoms with E-state index in [-0.39, 0.29) is 0 Å². The summed E-state index contributed by atoms with van der Waals surface area (Å²) in [5.41, 5.74) is 10.9. The number of benzene rings is 7. The van der Waals surface area contributed by atoms with Crippen LogP contribution in [0.2, 0.25) is 0 Å². The van der Waals surface area contributed by atoms with Gasteiger partial charge in [-0.05, 0) is 48.5 Å². The molecule has 5 nitrogen and oxygen atoms in total. The molecule has 238 valence electrons. The number of hydrogen-bond donors (Lipinski definition) is 0. The SMILES string of the molecule is c1ccc(-c2cc(-c3ccccc3)nc(-n3c4c(ccc5oc6ccccc6c54)c4ccc5c(c6ccccc6n5-c5ccccc5)c43)n2)cc1. The molecule has 11 aromatic rings. The molecule has 0 saturated heterocycles. The van der Waals surface area contributed by atoms with Crippen LogP contribution in [0.3, 0.4) is 0 Å². The lowest BCUT2D eigenvalue weighted by Crippen LogP contribution is -2.04. The van der Waals surface area contributed by atoms with E-state index in [4.69, 9.17) is 14.4 Å². The highest BCUT2D eigenvalue weighted by Crippen LogP contribution is 2.45. The molecule has 0 spiro atoms. The lowest BCUT2D eigenvalue weighted by Gasteiger charge is -2.13. The van der Waals surface area contributed by atoms with E-state index in [2.05, 4.69) is 155 Å². The van der Waals surface area contributed by atoms with Crippen molar-refractivity contribution in [3.05, 3.63) is 170 Å². The van der Waals surface area contributed by atoms with Gasteiger partial charge in [0.05, 0.1) is 38.8 Å². The van der Waals surface area contributed by atoms with Crippen LogP contribution in [0, 0.1) is 0 Å². The summed E-state index contributed by atoms with van der Waals surface area (Å²) in [5, 5.41) is 6.69. The van der Waals surface area contributed by atoms with E-state index in [0.717, 1.165) is 88.4 Å². The average Bonchev–Trinajstić information content (AvgIpc) is 3.86. The monoisotopic (exact) mass is 652 g/mol. The normalized spacial score (nSPS) is 11.9. The van der Waals surface area contributed by atoms with Crippen molar-refractivity contribution in [2.24, 2.45) is 0 Å². The third-order valence-electron chi connectivity index (χ3n) is 10.1. The van der Waals surface area contributed by atoms with E-state index >= 15 is 0 Å². The number of aromatic nitrogens is 4. The molecule has 7 aromatic carbocycles. The molecule has 0 N–H and O–H groups in total. The van der Waals surface area contributed by atoms with Gasteiger partial charge < -0.3 is 8.98 Å². The first kappa shape index (κ1) is 27.9. The minimum absolute atomic E-state index is 0.608. The summed E-state index contributed by atoms with van der Waals surface area (Å²) < 4.78 is 11.2. The van der Waals surface area contributed by atoms with Crippen molar-refractivity contribution in [3.63, 3.8) is 0 Å². The van der Waals surface area contributed by atoms with E-state index in [1.54, 1.807) is 0 Å². The maximum absolute atomic E-state index is 6.49. The van der Waals surface area contributed by atoms with Crippen LogP contribution in [0.5, 0.6) is 0 Å². The molecule has 5 heteroatoms. The maximum atomic E-state index is 6.49. The summed E-state index contributed by atoms with van der Waals surface area (Å²) in [6.45, 7) is 0. The Morgan fingerprint density at radius 1 is 0.392 bits per heavy atom. The van der Waals surface area contributed by atoms with E-state index in [1.807, 2.05) is 24.3 Å². The third kappa shape index (κ3) is 4.09. The van der Waals surface area contributed by atoms with Gasteiger partial charge in [-0.3, -0.25) is 4.57 Å². The van der Waals surface area contributed by atoms with E-state index in [9.17, 15) is 0 Å². The molecule has 0 radical (unpaired) electrons. The largest absolute Gasteiger partial charge is 0.456 e. The van der Waals surface area contributed by atoms with E-state index in [0.29, 0.717) is 5.95 Å². The lowest BCUT2D eigenvalue weighted by molar-refractivity contribution is 0.669. The predicted octanol–water partition coefficient (Wildman–Crippen LogP) is 11.9. The Bertz CT molecular complexity index is 3060. The fourth-order valence-corrected chi connectivity index (χ4v) is 7.96. The Morgan fingerprint density at radius 3 is 1.67 bits per heavy atom. The summed E-state index contributed by atoms with van der Waals surface area (Å²) in [6.07, 6.45) is 0. The molecule has 0 fully saturated rings. The Labute approximate surface area is 292 Å². The van der Waals surface area contributed by atoms with Crippen LogP contribution in [0.4, 0.5) is 0 Å². The number of nitrogens with zero attached hydrogens (tertiary/aromatic N) is 4. The summed E-state index contributed by atoms with van der Waals surface area (Å²) in [6, 6.07) is 59.3. The second-order valence-electron chi connectivity index (χ2n) is 13.0. The second kappa shape index (κ2) is 10.8. The van der Waals surface area contributed by atoms with Crippen molar-refractivity contribution in [1.82, 2.24) is 19.1 Å². The van der Waals surface area contributed by atoms with Gasteiger partial charge in [0, 0.05) is 43.7 Å². The Morgan fingerprint density at radius 2 is 0.961 bits per heavy atom. The standard InChI is InChI=1S/C46H28N4O/c1-4-14-29(15-5-1)36-28-37(30-16-6-2-7-17-30)48-46(47-36)50-44-32(33-25-27-41-43(45(33)50)35-21-11-13-23-40(35)51-41)24-26-39-42(44)34-20-10-12-22-38(34)49(39)31-18-8-3-9-19-31/h1-28H. The zero-order valence-corrected chi connectivity index (χ0v) is 27.4. The van der Waals surface area contributed by atoms with Gasteiger partial charge in [0.25, 0.3) is 0 Å². The molecule has 0 bridgehead atoms. The van der Waals surface area contributed by atoms with Gasteiger partial charge >= 0.3 is 0 Å². The van der Waals surface area contributed by atoms with Gasteiger partial charge in [-0.1, -0.05) is 121 Å². The van der Waals surface area contributed by atoms with Crippen LogP contribution >= 0.6 is 0 Å². The van der Waals surface area contributed by atoms with Crippen molar-refractivity contribution in [2.45, 2.75) is 0 Å². The van der Waals surface area contributed by atoms with Crippen molar-refractivity contribution >= 4 is 65.6 Å². The van der Waals surface area contributed by atoms with Crippen molar-refractivity contribution in [1.29, 1.82) is 0 Å². The minimum Gasteiger partial charge on any atom is -0.456 e. The highest BCUT2D eigenvalue weighted by atomic mass is 16.3. The molecular formula is C46H28N4O. The summed E-state index contributed by atoms with van der Waals surface area (Å²) >= 11 is 0. The molecule has 4 aromatic heterocycles. The molecular weight excluding hydrogens is 625 g/mol. The minimum atomic E-state index is 0.608. The molecule has 11 rings (SSSR count). The predicted molar refractivity (Wildman–Crippen MR) is 209 cm³/mol. The van der Waals surface area contributed by atoms with Crippen LogP contribution in [-0.2, 0) is 0 Å². The zero-order valence-electron chi connectivity index (χ0n) is 27.4. The first-order valence-corrected chi connectivity index (χ1v) is 17.2. The van der Waals surface area contributed by atoms with Gasteiger partial charge in [-0.15, -0.1) is 0 Å². The van der Waals surface area contributed by atoms with Crippen molar-refractivity contribution in [2.75, 3.05) is 0 Å². The van der Waals surface area contributed by atoms with Gasteiger partial charge in [-0.25, -0.2) is 9.97 Å². The average molecular weight is 653 g/mol. The van der Waals surface area contributed by atoms with E-state index < -0.39 is 0 Å². The molecule has 0 saturated carbocycles. The first-order valence-electron chi connectivity index (χ1n) is 17.2. The van der Waals surface area contributed by atoms with Crippen molar-refractivity contribution in [3.8, 4) is 34.2 Å². The molecule has 4 heterocycles. The van der Waals surface area contributed by atoms with Gasteiger partial charge in [0.15, 0.2) is 0 Å². The summed E-state index contributed by atoms with van der Waals surface area (Å²) in [4.78, 5) is 10.8. The fourth-order valence-electron chi connectivity index (χ4n) is 7.96. The molecule has 0 amide bonds. The summed E-state index contributed by atoms with van der Waals surface area (Å²) in [5.74, 6) is 0.608. The Balaban J connectivity index is 1.38. The number of fused-ring (bicyclic) bond motifs is 11. The number of hydrogen-bond acceptors (Lipinski definition) is 3. The number of furan rings is 1. The topological polar surface area (TPSA) is 48.8 Å². The highest BCUT2D eigenvalue weighted by Gasteiger charge is 2.25. The first-order chi connectivity index (χ1) is 25.3. The van der Waals surface area contributed by atoms with Gasteiger partial charge in [-0.2, -0.15) is 0 Å². The lowest BCUT2D eigenvalue weighted by atomic mass is 10.1. The Kier molecular flexibility index (Phi) is 5.89. The number of rotatable bonds is 4. The van der Waals surface area contributed by atoms with E-state index in [1.165, 1.54) is 5.39 Å². The third-order valence-corrected chi connectivity index (χ3v) is 10.1. The molecule has 51 heavy (non-hydrogen) atoms. The summed E-state index contributed by atoms with van der Waals surface area (Å²) in [7, 11) is 0. The maximum Gasteiger partial charge on any atom is 0.235 e.